The largest absolute Gasteiger partial charge is 0.481 e. The number of hydrogen-bond donors (Lipinski definition) is 1. The van der Waals surface area contributed by atoms with Gasteiger partial charge in [0.15, 0.2) is 0 Å². The van der Waals surface area contributed by atoms with E-state index in [0.717, 1.165) is 4.31 Å². The quantitative estimate of drug-likeness (QED) is 0.862. The Kier molecular flexibility index (Phi) is 4.13. The molecule has 1 fully saturated rings. The molecule has 5 nitrogen and oxygen atoms in total. The van der Waals surface area contributed by atoms with E-state index in [1.165, 1.54) is 12.1 Å². The summed E-state index contributed by atoms with van der Waals surface area (Å²) in [6.07, 6.45) is 0. The number of benzene rings is 1. The molecule has 0 bridgehead atoms. The van der Waals surface area contributed by atoms with Gasteiger partial charge in [0.2, 0.25) is 10.0 Å². The van der Waals surface area contributed by atoms with Gasteiger partial charge in [-0.15, -0.1) is 0 Å². The van der Waals surface area contributed by atoms with Crippen molar-refractivity contribution in [3.63, 3.8) is 0 Å². The van der Waals surface area contributed by atoms with Crippen molar-refractivity contribution in [2.75, 3.05) is 13.1 Å². The molecule has 9 heteroatoms. The van der Waals surface area contributed by atoms with Crippen molar-refractivity contribution >= 4 is 55.1 Å². The van der Waals surface area contributed by atoms with Crippen molar-refractivity contribution in [1.82, 2.24) is 4.31 Å². The molecule has 0 saturated carbocycles. The maximum Gasteiger partial charge on any atom is 0.309 e. The Morgan fingerprint density at radius 1 is 1.32 bits per heavy atom. The molecule has 0 radical (unpaired) electrons. The van der Waals surface area contributed by atoms with Crippen LogP contribution in [0, 0.1) is 5.92 Å². The Morgan fingerprint density at radius 2 is 1.79 bits per heavy atom. The number of aliphatic carboxylic acids is 1. The summed E-state index contributed by atoms with van der Waals surface area (Å²) >= 11 is 15.0. The normalized spacial score (nSPS) is 17.2. The van der Waals surface area contributed by atoms with Gasteiger partial charge in [-0.05, 0) is 12.1 Å². The minimum Gasteiger partial charge on any atom is -0.481 e. The van der Waals surface area contributed by atoms with Crippen LogP contribution < -0.4 is 0 Å². The summed E-state index contributed by atoms with van der Waals surface area (Å²) in [6, 6.07) is 2.85. The highest BCUT2D eigenvalue weighted by atomic mass is 79.9. The SMILES string of the molecule is O=C(O)C1CN(S(=O)(=O)c2c(Cl)cc(Br)cc2Cl)C1. The molecule has 0 aromatic heterocycles. The Bertz CT molecular complexity index is 620. The summed E-state index contributed by atoms with van der Waals surface area (Å²) in [5, 5.41) is 8.75. The highest BCUT2D eigenvalue weighted by Gasteiger charge is 2.42. The molecular weight excluding hydrogens is 381 g/mol. The van der Waals surface area contributed by atoms with Gasteiger partial charge in [-0.25, -0.2) is 8.42 Å². The number of carbonyl (C=O) groups is 1. The zero-order valence-electron chi connectivity index (χ0n) is 9.31. The van der Waals surface area contributed by atoms with Crippen LogP contribution in [0.3, 0.4) is 0 Å². The van der Waals surface area contributed by atoms with E-state index in [-0.39, 0.29) is 28.0 Å². The van der Waals surface area contributed by atoms with Gasteiger partial charge >= 0.3 is 5.97 Å². The number of halogens is 3. The molecule has 1 aliphatic heterocycles. The summed E-state index contributed by atoms with van der Waals surface area (Å²) in [5.41, 5.74) is 0. The van der Waals surface area contributed by atoms with E-state index in [9.17, 15) is 13.2 Å². The molecule has 2 rings (SSSR count). The van der Waals surface area contributed by atoms with Crippen LogP contribution in [-0.4, -0.2) is 36.9 Å². The first-order valence-electron chi connectivity index (χ1n) is 5.11. The molecule has 0 spiro atoms. The number of sulfonamides is 1. The van der Waals surface area contributed by atoms with Gasteiger partial charge in [0.05, 0.1) is 16.0 Å². The molecule has 1 aromatic rings. The van der Waals surface area contributed by atoms with Crippen LogP contribution in [-0.2, 0) is 14.8 Å². The van der Waals surface area contributed by atoms with Crippen LogP contribution in [0.25, 0.3) is 0 Å². The maximum atomic E-state index is 12.3. The smallest absolute Gasteiger partial charge is 0.309 e. The minimum absolute atomic E-state index is 0.00171. The summed E-state index contributed by atoms with van der Waals surface area (Å²) < 4.78 is 26.2. The third-order valence-corrected chi connectivity index (χ3v) is 5.97. The fourth-order valence-corrected chi connectivity index (χ4v) is 5.11. The van der Waals surface area contributed by atoms with E-state index >= 15 is 0 Å². The topological polar surface area (TPSA) is 74.7 Å². The maximum absolute atomic E-state index is 12.3. The van der Waals surface area contributed by atoms with Gasteiger partial charge in [-0.2, -0.15) is 4.31 Å². The molecule has 1 N–H and O–H groups in total. The van der Waals surface area contributed by atoms with Crippen LogP contribution in [0.15, 0.2) is 21.5 Å². The predicted octanol–water partition coefficient (Wildman–Crippen LogP) is 2.46. The van der Waals surface area contributed by atoms with E-state index in [4.69, 9.17) is 28.3 Å². The molecule has 0 amide bonds. The highest BCUT2D eigenvalue weighted by molar-refractivity contribution is 9.10. The Morgan fingerprint density at radius 3 is 2.21 bits per heavy atom. The monoisotopic (exact) mass is 387 g/mol. The first-order chi connectivity index (χ1) is 8.73. The molecule has 104 valence electrons. The first kappa shape index (κ1) is 15.1. The lowest BCUT2D eigenvalue weighted by atomic mass is 10.0. The van der Waals surface area contributed by atoms with Crippen molar-refractivity contribution in [2.24, 2.45) is 5.92 Å². The van der Waals surface area contributed by atoms with E-state index in [2.05, 4.69) is 15.9 Å². The summed E-state index contributed by atoms with van der Waals surface area (Å²) in [6.45, 7) is -0.138. The van der Waals surface area contributed by atoms with Crippen molar-refractivity contribution in [3.05, 3.63) is 26.7 Å². The molecule has 1 aromatic carbocycles. The minimum atomic E-state index is -3.86. The number of carboxylic acids is 1. The molecule has 0 atom stereocenters. The molecule has 19 heavy (non-hydrogen) atoms. The molecule has 0 aliphatic carbocycles. The Balaban J connectivity index is 2.35. The lowest BCUT2D eigenvalue weighted by Crippen LogP contribution is -2.52. The first-order valence-corrected chi connectivity index (χ1v) is 8.10. The average Bonchev–Trinajstić information content (AvgIpc) is 2.09. The fourth-order valence-electron chi connectivity index (χ4n) is 1.70. The van der Waals surface area contributed by atoms with Crippen LogP contribution in [0.2, 0.25) is 10.0 Å². The standard InChI is InChI=1S/C10H8BrCl2NO4S/c11-6-1-7(12)9(8(13)2-6)19(17,18)14-3-5(4-14)10(15)16/h1-2,5H,3-4H2,(H,15,16). The molecule has 1 saturated heterocycles. The van der Waals surface area contributed by atoms with E-state index < -0.39 is 21.9 Å². The van der Waals surface area contributed by atoms with Crippen molar-refractivity contribution < 1.29 is 18.3 Å². The second kappa shape index (κ2) is 5.21. The zero-order chi connectivity index (χ0) is 14.4. The van der Waals surface area contributed by atoms with E-state index in [1.807, 2.05) is 0 Å². The van der Waals surface area contributed by atoms with Gasteiger partial charge in [-0.1, -0.05) is 39.1 Å². The highest BCUT2D eigenvalue weighted by Crippen LogP contribution is 2.36. The second-order valence-electron chi connectivity index (χ2n) is 4.06. The second-order valence-corrected chi connectivity index (χ2v) is 7.66. The molecular formula is C10H8BrCl2NO4S. The Labute approximate surface area is 128 Å². The van der Waals surface area contributed by atoms with Crippen LogP contribution >= 0.6 is 39.1 Å². The van der Waals surface area contributed by atoms with Gasteiger partial charge < -0.3 is 5.11 Å². The van der Waals surface area contributed by atoms with Gasteiger partial charge in [-0.3, -0.25) is 4.79 Å². The van der Waals surface area contributed by atoms with Crippen LogP contribution in [0.5, 0.6) is 0 Å². The summed E-state index contributed by atoms with van der Waals surface area (Å²) in [5.74, 6) is -1.69. The van der Waals surface area contributed by atoms with Crippen molar-refractivity contribution in [2.45, 2.75) is 4.90 Å². The number of rotatable bonds is 3. The van der Waals surface area contributed by atoms with Crippen LogP contribution in [0.1, 0.15) is 0 Å². The average molecular weight is 389 g/mol. The lowest BCUT2D eigenvalue weighted by Gasteiger charge is -2.35. The zero-order valence-corrected chi connectivity index (χ0v) is 13.2. The van der Waals surface area contributed by atoms with E-state index in [0.29, 0.717) is 4.47 Å². The summed E-state index contributed by atoms with van der Waals surface area (Å²) in [4.78, 5) is 10.5. The lowest BCUT2D eigenvalue weighted by molar-refractivity contribution is -0.145. The van der Waals surface area contributed by atoms with E-state index in [1.54, 1.807) is 0 Å². The molecule has 0 unspecified atom stereocenters. The van der Waals surface area contributed by atoms with Crippen LogP contribution in [0.4, 0.5) is 0 Å². The van der Waals surface area contributed by atoms with Gasteiger partial charge in [0.1, 0.15) is 4.90 Å². The third kappa shape index (κ3) is 2.75. The fraction of sp³-hybridized carbons (Fsp3) is 0.300. The number of hydrogen-bond acceptors (Lipinski definition) is 3. The van der Waals surface area contributed by atoms with Crippen molar-refractivity contribution in [3.8, 4) is 0 Å². The number of nitrogens with zero attached hydrogens (tertiary/aromatic N) is 1. The third-order valence-electron chi connectivity index (χ3n) is 2.76. The van der Waals surface area contributed by atoms with Crippen molar-refractivity contribution in [1.29, 1.82) is 0 Å². The Hall–Kier alpha value is -0.340. The van der Waals surface area contributed by atoms with Gasteiger partial charge in [0.25, 0.3) is 0 Å². The number of carboxylic acid groups (broad SMARTS) is 1. The predicted molar refractivity (Wildman–Crippen MR) is 74.0 cm³/mol. The molecule has 1 aliphatic rings. The molecule has 1 heterocycles. The van der Waals surface area contributed by atoms with Gasteiger partial charge in [0, 0.05) is 17.6 Å². The summed E-state index contributed by atoms with van der Waals surface area (Å²) in [7, 11) is -3.86.